The molecule has 0 fully saturated rings. The second kappa shape index (κ2) is 13.3. The lowest BCUT2D eigenvalue weighted by Crippen LogP contribution is -2.75. The molecule has 0 spiro atoms. The van der Waals surface area contributed by atoms with Crippen molar-refractivity contribution in [1.29, 1.82) is 0 Å². The molecule has 60 heavy (non-hydrogen) atoms. The Morgan fingerprint density at radius 3 is 1.88 bits per heavy atom. The van der Waals surface area contributed by atoms with Gasteiger partial charge in [0.25, 0.3) is 0 Å². The molecule has 0 radical (unpaired) electrons. The summed E-state index contributed by atoms with van der Waals surface area (Å²) in [5, 5.41) is 8.12. The average molecular weight is 785 g/mol. The molecule has 3 aliphatic rings. The zero-order valence-electron chi connectivity index (χ0n) is 33.9. The summed E-state index contributed by atoms with van der Waals surface area (Å²) in [5.41, 5.74) is 14.4. The van der Waals surface area contributed by atoms with Gasteiger partial charge in [-0.3, -0.25) is 0 Å². The Morgan fingerprint density at radius 1 is 0.500 bits per heavy atom. The summed E-state index contributed by atoms with van der Waals surface area (Å²) in [6, 6.07) is 73.8. The SMILES string of the molecule is CC1(C)c2ccccc2-c2cc3c(cc21)c1ccccc1n3-c1ccc([Si](c2ccccc2)(c2ccccc2)c2cccc3c2N(c2ccccc2)C2CC=CC=C32)cc1. The van der Waals surface area contributed by atoms with Crippen LogP contribution >= 0.6 is 0 Å². The van der Waals surface area contributed by atoms with Crippen LogP contribution in [0.3, 0.4) is 0 Å². The number of para-hydroxylation sites is 3. The first-order valence-corrected chi connectivity index (χ1v) is 23.3. The van der Waals surface area contributed by atoms with E-state index in [1.54, 1.807) is 0 Å². The summed E-state index contributed by atoms with van der Waals surface area (Å²) in [6.07, 6.45) is 7.90. The summed E-state index contributed by atoms with van der Waals surface area (Å²) in [7, 11) is -2.98. The van der Waals surface area contributed by atoms with Crippen molar-refractivity contribution in [1.82, 2.24) is 4.57 Å². The van der Waals surface area contributed by atoms with Crippen molar-refractivity contribution in [2.75, 3.05) is 4.90 Å². The van der Waals surface area contributed by atoms with E-state index >= 15 is 0 Å². The van der Waals surface area contributed by atoms with Crippen LogP contribution in [0.2, 0.25) is 0 Å². The number of fused-ring (bicyclic) bond motifs is 9. The first kappa shape index (κ1) is 35.0. The maximum absolute atomic E-state index is 2.98. The molecule has 0 saturated heterocycles. The van der Waals surface area contributed by atoms with Crippen LogP contribution in [0.1, 0.15) is 37.0 Å². The Hall–Kier alpha value is -6.94. The Kier molecular flexibility index (Phi) is 7.76. The third-order valence-corrected chi connectivity index (χ3v) is 18.6. The first-order valence-electron chi connectivity index (χ1n) is 21.3. The molecule has 9 aromatic rings. The summed E-state index contributed by atoms with van der Waals surface area (Å²) in [4.78, 5) is 2.65. The van der Waals surface area contributed by atoms with Crippen LogP contribution in [0.4, 0.5) is 11.4 Å². The van der Waals surface area contributed by atoms with Gasteiger partial charge in [0, 0.05) is 38.8 Å². The molecule has 0 bridgehead atoms. The van der Waals surface area contributed by atoms with Gasteiger partial charge < -0.3 is 9.47 Å². The lowest BCUT2D eigenvalue weighted by Gasteiger charge is -2.38. The van der Waals surface area contributed by atoms with Gasteiger partial charge in [0.15, 0.2) is 8.07 Å². The quantitative estimate of drug-likeness (QED) is 0.120. The molecule has 1 unspecified atom stereocenters. The lowest BCUT2D eigenvalue weighted by molar-refractivity contribution is 0.661. The fourth-order valence-corrected chi connectivity index (χ4v) is 16.1. The zero-order chi connectivity index (χ0) is 40.0. The van der Waals surface area contributed by atoms with Gasteiger partial charge in [-0.1, -0.05) is 184 Å². The van der Waals surface area contributed by atoms with Crippen LogP contribution in [0.5, 0.6) is 0 Å². The Labute approximate surface area is 353 Å². The van der Waals surface area contributed by atoms with Gasteiger partial charge in [0.2, 0.25) is 0 Å². The molecule has 2 heterocycles. The lowest BCUT2D eigenvalue weighted by atomic mass is 9.82. The highest BCUT2D eigenvalue weighted by molar-refractivity contribution is 7.20. The van der Waals surface area contributed by atoms with Crippen LogP contribution in [0.15, 0.2) is 212 Å². The number of rotatable bonds is 6. The number of benzene rings is 8. The number of hydrogen-bond acceptors (Lipinski definition) is 1. The highest BCUT2D eigenvalue weighted by Gasteiger charge is 2.47. The average Bonchev–Trinajstić information content (AvgIpc) is 3.90. The molecule has 1 aliphatic heterocycles. The van der Waals surface area contributed by atoms with Crippen molar-refractivity contribution >= 4 is 67.6 Å². The minimum Gasteiger partial charge on any atom is -0.333 e. The second-order valence-electron chi connectivity index (χ2n) is 17.2. The topological polar surface area (TPSA) is 8.17 Å². The smallest absolute Gasteiger partial charge is 0.181 e. The highest BCUT2D eigenvalue weighted by atomic mass is 28.3. The van der Waals surface area contributed by atoms with E-state index in [9.17, 15) is 0 Å². The predicted octanol–water partition coefficient (Wildman–Crippen LogP) is 11.3. The van der Waals surface area contributed by atoms with E-state index in [2.05, 4.69) is 236 Å². The molecule has 1 aromatic heterocycles. The molecule has 0 N–H and O–H groups in total. The van der Waals surface area contributed by atoms with Gasteiger partial charge >= 0.3 is 0 Å². The van der Waals surface area contributed by atoms with Crippen molar-refractivity contribution in [2.24, 2.45) is 0 Å². The molecule has 3 heteroatoms. The van der Waals surface area contributed by atoms with Gasteiger partial charge in [-0.2, -0.15) is 0 Å². The summed E-state index contributed by atoms with van der Waals surface area (Å²) < 4.78 is 2.50. The minimum absolute atomic E-state index is 0.0632. The molecule has 0 saturated carbocycles. The van der Waals surface area contributed by atoms with Gasteiger partial charge in [0.05, 0.1) is 17.1 Å². The number of nitrogens with zero attached hydrogens (tertiary/aromatic N) is 2. The number of allylic oxidation sites excluding steroid dienone is 2. The number of anilines is 2. The van der Waals surface area contributed by atoms with Crippen LogP contribution in [0, 0.1) is 0 Å². The van der Waals surface area contributed by atoms with Crippen LogP contribution in [0.25, 0.3) is 44.2 Å². The number of hydrogen-bond donors (Lipinski definition) is 0. The van der Waals surface area contributed by atoms with Crippen molar-refractivity contribution in [3.05, 3.63) is 229 Å². The van der Waals surface area contributed by atoms with E-state index in [0.29, 0.717) is 0 Å². The van der Waals surface area contributed by atoms with E-state index in [-0.39, 0.29) is 11.5 Å². The van der Waals surface area contributed by atoms with Gasteiger partial charge in [0.1, 0.15) is 0 Å². The highest BCUT2D eigenvalue weighted by Crippen LogP contribution is 2.51. The fraction of sp³-hybridized carbons (Fsp3) is 0.0877. The molecular formula is C57H44N2Si. The van der Waals surface area contributed by atoms with Crippen molar-refractivity contribution in [3.8, 4) is 16.8 Å². The van der Waals surface area contributed by atoms with E-state index in [4.69, 9.17) is 0 Å². The van der Waals surface area contributed by atoms with Gasteiger partial charge in [-0.25, -0.2) is 0 Å². The van der Waals surface area contributed by atoms with Crippen molar-refractivity contribution in [3.63, 3.8) is 0 Å². The Morgan fingerprint density at radius 2 is 1.13 bits per heavy atom. The monoisotopic (exact) mass is 784 g/mol. The first-order chi connectivity index (χ1) is 29.5. The number of aromatic nitrogens is 1. The van der Waals surface area contributed by atoms with E-state index in [1.807, 2.05) is 0 Å². The molecule has 8 aromatic carbocycles. The minimum atomic E-state index is -2.98. The van der Waals surface area contributed by atoms with E-state index in [0.717, 1.165) is 6.42 Å². The normalized spacial score (nSPS) is 16.1. The summed E-state index contributed by atoms with van der Waals surface area (Å²) in [5.74, 6) is 0. The van der Waals surface area contributed by atoms with Crippen molar-refractivity contribution in [2.45, 2.75) is 31.7 Å². The molecule has 286 valence electrons. The Bertz CT molecular complexity index is 3150. The second-order valence-corrected chi connectivity index (χ2v) is 20.9. The molecule has 2 aliphatic carbocycles. The van der Waals surface area contributed by atoms with E-state index in [1.165, 1.54) is 93.0 Å². The molecule has 0 amide bonds. The van der Waals surface area contributed by atoms with Gasteiger partial charge in [-0.15, -0.1) is 0 Å². The Balaban J connectivity index is 1.12. The third-order valence-electron chi connectivity index (χ3n) is 13.8. The standard InChI is InChI=1S/C57H44N2Si/c1-57(2)50-29-15-12-25-44(50)48-38-54-49(37-51(48)57)46-27-14-16-30-52(46)58(54)40-33-35-43(36-34-40)60(41-21-8-4-9-22-41,42-23-10-5-11-24-42)55-32-18-28-47-45-26-13-17-31-53(45)59(56(47)55)39-19-6-3-7-20-39/h3-30,32-38,53H,31H2,1-2H3. The van der Waals surface area contributed by atoms with E-state index < -0.39 is 8.07 Å². The molecule has 12 rings (SSSR count). The predicted molar refractivity (Wildman–Crippen MR) is 256 cm³/mol. The largest absolute Gasteiger partial charge is 0.333 e. The fourth-order valence-electron chi connectivity index (χ4n) is 11.2. The maximum Gasteiger partial charge on any atom is 0.181 e. The molecule has 2 nitrogen and oxygen atoms in total. The van der Waals surface area contributed by atoms with Crippen molar-refractivity contribution < 1.29 is 0 Å². The van der Waals surface area contributed by atoms with Gasteiger partial charge in [-0.05, 0) is 97.5 Å². The molecular weight excluding hydrogens is 741 g/mol. The van der Waals surface area contributed by atoms with Crippen LogP contribution < -0.4 is 25.6 Å². The summed E-state index contributed by atoms with van der Waals surface area (Å²) >= 11 is 0. The van der Waals surface area contributed by atoms with Crippen LogP contribution in [-0.4, -0.2) is 18.7 Å². The third kappa shape index (κ3) is 4.87. The summed E-state index contributed by atoms with van der Waals surface area (Å²) in [6.45, 7) is 4.75. The van der Waals surface area contributed by atoms with Crippen LogP contribution in [-0.2, 0) is 5.41 Å². The maximum atomic E-state index is 2.65. The zero-order valence-corrected chi connectivity index (χ0v) is 34.9. The molecule has 1 atom stereocenters.